The fourth-order valence-electron chi connectivity index (χ4n) is 2.52. The van der Waals surface area contributed by atoms with Crippen molar-refractivity contribution in [2.24, 2.45) is 17.1 Å². The second-order valence-electron chi connectivity index (χ2n) is 6.65. The minimum absolute atomic E-state index is 0.159. The molecule has 0 bridgehead atoms. The Morgan fingerprint density at radius 1 is 1.33 bits per heavy atom. The fraction of sp³-hybridized carbons (Fsp3) is 0.500. The van der Waals surface area contributed by atoms with Crippen LogP contribution >= 0.6 is 0 Å². The first-order valence-electron chi connectivity index (χ1n) is 6.95. The van der Waals surface area contributed by atoms with Gasteiger partial charge >= 0.3 is 5.97 Å². The highest BCUT2D eigenvalue weighted by atomic mass is 16.6. The van der Waals surface area contributed by atoms with Gasteiger partial charge in [0.1, 0.15) is 11.4 Å². The van der Waals surface area contributed by atoms with E-state index in [9.17, 15) is 14.7 Å². The third kappa shape index (κ3) is 3.35. The molecule has 1 aliphatic rings. The number of nitrogens with two attached hydrogens (primary N) is 1. The summed E-state index contributed by atoms with van der Waals surface area (Å²) in [6.07, 6.45) is 0.796. The van der Waals surface area contributed by atoms with Crippen molar-refractivity contribution < 1.29 is 19.4 Å². The molecule has 1 aromatic carbocycles. The molecule has 1 saturated carbocycles. The molecule has 2 atom stereocenters. The standard InChI is InChI=1S/C16H21NO4/c1-15(2,3)21-13(19)12-9-16(12,14(17)20)8-10-4-6-11(18)7-5-10/h4-7,12,18H,8-9H2,1-3H3,(H2,17,20). The molecule has 114 valence electrons. The van der Waals surface area contributed by atoms with Gasteiger partial charge < -0.3 is 15.6 Å². The molecule has 0 radical (unpaired) electrons. The first kappa shape index (κ1) is 15.4. The van der Waals surface area contributed by atoms with Crippen molar-refractivity contribution in [2.45, 2.75) is 39.2 Å². The monoisotopic (exact) mass is 291 g/mol. The van der Waals surface area contributed by atoms with Gasteiger partial charge in [0.25, 0.3) is 0 Å². The molecule has 3 N–H and O–H groups in total. The molecule has 0 saturated heterocycles. The number of carbonyl (C=O) groups is 2. The molecule has 5 nitrogen and oxygen atoms in total. The minimum Gasteiger partial charge on any atom is -0.508 e. The van der Waals surface area contributed by atoms with Crippen molar-refractivity contribution in [2.75, 3.05) is 0 Å². The van der Waals surface area contributed by atoms with E-state index >= 15 is 0 Å². The van der Waals surface area contributed by atoms with Crippen LogP contribution in [-0.2, 0) is 20.7 Å². The van der Waals surface area contributed by atoms with E-state index in [1.54, 1.807) is 45.0 Å². The largest absolute Gasteiger partial charge is 0.508 e. The Bertz CT molecular complexity index is 559. The lowest BCUT2D eigenvalue weighted by atomic mass is 9.93. The Morgan fingerprint density at radius 3 is 2.38 bits per heavy atom. The predicted octanol–water partition coefficient (Wildman–Crippen LogP) is 1.77. The highest BCUT2D eigenvalue weighted by Crippen LogP contribution is 2.55. The van der Waals surface area contributed by atoms with E-state index in [4.69, 9.17) is 10.5 Å². The second-order valence-corrected chi connectivity index (χ2v) is 6.65. The summed E-state index contributed by atoms with van der Waals surface area (Å²) in [6.45, 7) is 5.37. The number of esters is 1. The van der Waals surface area contributed by atoms with Crippen LogP contribution in [0.1, 0.15) is 32.8 Å². The number of benzene rings is 1. The zero-order valence-corrected chi connectivity index (χ0v) is 12.6. The van der Waals surface area contributed by atoms with Gasteiger partial charge in [0, 0.05) is 0 Å². The van der Waals surface area contributed by atoms with Crippen LogP contribution in [0.15, 0.2) is 24.3 Å². The molecule has 0 aromatic heterocycles. The summed E-state index contributed by atoms with van der Waals surface area (Å²) in [5.74, 6) is -1.18. The van der Waals surface area contributed by atoms with Crippen LogP contribution in [0.25, 0.3) is 0 Å². The van der Waals surface area contributed by atoms with E-state index in [1.165, 1.54) is 0 Å². The topological polar surface area (TPSA) is 89.6 Å². The van der Waals surface area contributed by atoms with Gasteiger partial charge in [-0.1, -0.05) is 12.1 Å². The molecular weight excluding hydrogens is 270 g/mol. The molecule has 1 amide bonds. The average Bonchev–Trinajstić information content (AvgIpc) is 3.06. The summed E-state index contributed by atoms with van der Waals surface area (Å²) in [5, 5.41) is 9.28. The van der Waals surface area contributed by atoms with E-state index in [1.807, 2.05) is 0 Å². The minimum atomic E-state index is -0.862. The number of phenolic OH excluding ortho intramolecular Hbond substituents is 1. The zero-order valence-electron chi connectivity index (χ0n) is 12.6. The number of amides is 1. The maximum atomic E-state index is 12.1. The van der Waals surface area contributed by atoms with Gasteiger partial charge in [0.05, 0.1) is 11.3 Å². The van der Waals surface area contributed by atoms with Gasteiger partial charge in [-0.05, 0) is 51.3 Å². The summed E-state index contributed by atoms with van der Waals surface area (Å²) in [4.78, 5) is 23.9. The Morgan fingerprint density at radius 2 is 1.90 bits per heavy atom. The van der Waals surface area contributed by atoms with Crippen molar-refractivity contribution in [1.29, 1.82) is 0 Å². The molecule has 2 rings (SSSR count). The van der Waals surface area contributed by atoms with Gasteiger partial charge in [-0.3, -0.25) is 9.59 Å². The molecule has 1 fully saturated rings. The van der Waals surface area contributed by atoms with Crippen LogP contribution in [0.5, 0.6) is 5.75 Å². The number of phenols is 1. The third-order valence-electron chi connectivity index (χ3n) is 3.71. The molecule has 21 heavy (non-hydrogen) atoms. The van der Waals surface area contributed by atoms with Gasteiger partial charge in [-0.15, -0.1) is 0 Å². The molecule has 0 aliphatic heterocycles. The van der Waals surface area contributed by atoms with Crippen molar-refractivity contribution >= 4 is 11.9 Å². The summed E-state index contributed by atoms with van der Waals surface area (Å²) < 4.78 is 5.34. The third-order valence-corrected chi connectivity index (χ3v) is 3.71. The highest BCUT2D eigenvalue weighted by molar-refractivity contribution is 5.93. The van der Waals surface area contributed by atoms with Crippen LogP contribution in [-0.4, -0.2) is 22.6 Å². The van der Waals surface area contributed by atoms with E-state index in [0.717, 1.165) is 5.56 Å². The second kappa shape index (κ2) is 5.06. The summed E-state index contributed by atoms with van der Waals surface area (Å²) in [6, 6.07) is 6.55. The number of ether oxygens (including phenoxy) is 1. The van der Waals surface area contributed by atoms with Gasteiger partial charge in [0.15, 0.2) is 0 Å². The molecule has 0 heterocycles. The van der Waals surface area contributed by atoms with Crippen LogP contribution in [0.3, 0.4) is 0 Å². The summed E-state index contributed by atoms with van der Waals surface area (Å²) in [7, 11) is 0. The quantitative estimate of drug-likeness (QED) is 0.827. The number of rotatable bonds is 4. The Hall–Kier alpha value is -2.04. The number of aromatic hydroxyl groups is 1. The molecule has 1 aliphatic carbocycles. The van der Waals surface area contributed by atoms with Crippen LogP contribution in [0, 0.1) is 11.3 Å². The number of carbonyl (C=O) groups excluding carboxylic acids is 2. The Labute approximate surface area is 124 Å². The van der Waals surface area contributed by atoms with Crippen molar-refractivity contribution in [3.05, 3.63) is 29.8 Å². The van der Waals surface area contributed by atoms with E-state index in [0.29, 0.717) is 12.8 Å². The number of hydrogen-bond acceptors (Lipinski definition) is 4. The first-order valence-corrected chi connectivity index (χ1v) is 6.95. The van der Waals surface area contributed by atoms with E-state index in [-0.39, 0.29) is 11.7 Å². The van der Waals surface area contributed by atoms with E-state index in [2.05, 4.69) is 0 Å². The highest BCUT2D eigenvalue weighted by Gasteiger charge is 2.63. The van der Waals surface area contributed by atoms with Crippen molar-refractivity contribution in [1.82, 2.24) is 0 Å². The smallest absolute Gasteiger partial charge is 0.310 e. The molecule has 5 heteroatoms. The molecule has 2 unspecified atom stereocenters. The molecule has 1 aromatic rings. The maximum absolute atomic E-state index is 12.1. The first-order chi connectivity index (χ1) is 9.64. The lowest BCUT2D eigenvalue weighted by molar-refractivity contribution is -0.158. The predicted molar refractivity (Wildman–Crippen MR) is 77.4 cm³/mol. The Balaban J connectivity index is 2.12. The fourth-order valence-corrected chi connectivity index (χ4v) is 2.52. The normalized spacial score (nSPS) is 24.4. The van der Waals surface area contributed by atoms with Gasteiger partial charge in [0.2, 0.25) is 5.91 Å². The average molecular weight is 291 g/mol. The van der Waals surface area contributed by atoms with Gasteiger partial charge in [-0.25, -0.2) is 0 Å². The SMILES string of the molecule is CC(C)(C)OC(=O)C1CC1(Cc1ccc(O)cc1)C(N)=O. The van der Waals surface area contributed by atoms with Gasteiger partial charge in [-0.2, -0.15) is 0 Å². The molecular formula is C16H21NO4. The zero-order chi connectivity index (χ0) is 15.8. The summed E-state index contributed by atoms with van der Waals surface area (Å²) >= 11 is 0. The lowest BCUT2D eigenvalue weighted by Gasteiger charge is -2.21. The van der Waals surface area contributed by atoms with Crippen LogP contribution < -0.4 is 5.73 Å². The lowest BCUT2D eigenvalue weighted by Crippen LogP contribution is -2.33. The van der Waals surface area contributed by atoms with Crippen LogP contribution in [0.4, 0.5) is 0 Å². The summed E-state index contributed by atoms with van der Waals surface area (Å²) in [5.41, 5.74) is 4.92. The Kier molecular flexibility index (Phi) is 3.70. The number of hydrogen-bond donors (Lipinski definition) is 2. The molecule has 0 spiro atoms. The van der Waals surface area contributed by atoms with Crippen molar-refractivity contribution in [3.8, 4) is 5.75 Å². The maximum Gasteiger partial charge on any atom is 0.310 e. The number of primary amides is 1. The van der Waals surface area contributed by atoms with Crippen molar-refractivity contribution in [3.63, 3.8) is 0 Å². The van der Waals surface area contributed by atoms with Crippen LogP contribution in [0.2, 0.25) is 0 Å². The van der Waals surface area contributed by atoms with E-state index < -0.39 is 22.8 Å².